The van der Waals surface area contributed by atoms with Gasteiger partial charge in [-0.15, -0.1) is 0 Å². The smallest absolute Gasteiger partial charge is 0.0474 e. The van der Waals surface area contributed by atoms with E-state index >= 15 is 0 Å². The molecule has 1 aliphatic carbocycles. The Bertz CT molecular complexity index is 578. The predicted octanol–water partition coefficient (Wildman–Crippen LogP) is 3.57. The summed E-state index contributed by atoms with van der Waals surface area (Å²) < 4.78 is 2.24. The van der Waals surface area contributed by atoms with Gasteiger partial charge in [0.1, 0.15) is 0 Å². The first-order valence-corrected chi connectivity index (χ1v) is 8.88. The molecule has 1 aliphatic rings. The highest BCUT2D eigenvalue weighted by atomic mass is 16.3. The maximum absolute atomic E-state index is 9.61. The molecule has 1 aromatic carbocycles. The highest BCUT2D eigenvalue weighted by Crippen LogP contribution is 2.23. The summed E-state index contributed by atoms with van der Waals surface area (Å²) in [4.78, 5) is 0. The minimum absolute atomic E-state index is 0.312. The van der Waals surface area contributed by atoms with Crippen LogP contribution in [0, 0.1) is 5.92 Å². The molecule has 1 aromatic heterocycles. The van der Waals surface area contributed by atoms with E-state index < -0.39 is 0 Å². The number of benzene rings is 1. The second-order valence-electron chi connectivity index (χ2n) is 6.75. The third kappa shape index (κ3) is 4.69. The van der Waals surface area contributed by atoms with Crippen LogP contribution in [0.4, 0.5) is 0 Å². The lowest BCUT2D eigenvalue weighted by Crippen LogP contribution is -2.36. The fourth-order valence-corrected chi connectivity index (χ4v) is 3.61. The fourth-order valence-electron chi connectivity index (χ4n) is 3.61. The number of hydrogen-bond donors (Lipinski definition) is 2. The molecule has 0 saturated heterocycles. The Morgan fingerprint density at radius 1 is 1.00 bits per heavy atom. The molecule has 0 aliphatic heterocycles. The van der Waals surface area contributed by atoms with E-state index in [9.17, 15) is 5.11 Å². The molecule has 2 aromatic rings. The predicted molar refractivity (Wildman–Crippen MR) is 94.3 cm³/mol. The lowest BCUT2D eigenvalue weighted by molar-refractivity contribution is 0.181. The molecule has 3 nitrogen and oxygen atoms in total. The van der Waals surface area contributed by atoms with Crippen LogP contribution in [0.5, 0.6) is 0 Å². The van der Waals surface area contributed by atoms with Gasteiger partial charge in [-0.2, -0.15) is 0 Å². The number of aliphatic hydroxyl groups is 1. The molecule has 0 spiro atoms. The normalized spacial score (nSPS) is 22.0. The van der Waals surface area contributed by atoms with Gasteiger partial charge in [0.05, 0.1) is 0 Å². The van der Waals surface area contributed by atoms with Gasteiger partial charge in [-0.25, -0.2) is 0 Å². The lowest BCUT2D eigenvalue weighted by atomic mass is 9.95. The minimum atomic E-state index is 0.312. The van der Waals surface area contributed by atoms with Crippen LogP contribution in [0.2, 0.25) is 0 Å². The van der Waals surface area contributed by atoms with Crippen molar-refractivity contribution in [3.05, 3.63) is 59.9 Å². The van der Waals surface area contributed by atoms with Crippen molar-refractivity contribution in [3.63, 3.8) is 0 Å². The van der Waals surface area contributed by atoms with E-state index in [1.807, 2.05) is 0 Å². The summed E-state index contributed by atoms with van der Waals surface area (Å²) in [6, 6.07) is 13.2. The van der Waals surface area contributed by atoms with Crippen molar-refractivity contribution >= 4 is 0 Å². The van der Waals surface area contributed by atoms with Crippen LogP contribution >= 0.6 is 0 Å². The molecule has 0 unspecified atom stereocenters. The van der Waals surface area contributed by atoms with Gasteiger partial charge in [0.25, 0.3) is 0 Å². The summed E-state index contributed by atoms with van der Waals surface area (Å²) in [5.74, 6) is 0.420. The number of nitrogens with zero attached hydrogens (tertiary/aromatic N) is 1. The number of nitrogens with one attached hydrogen (secondary N) is 1. The van der Waals surface area contributed by atoms with E-state index in [0.717, 1.165) is 19.5 Å². The molecular weight excluding hydrogens is 284 g/mol. The Morgan fingerprint density at radius 3 is 2.65 bits per heavy atom. The van der Waals surface area contributed by atoms with Gasteiger partial charge in [-0.1, -0.05) is 49.6 Å². The van der Waals surface area contributed by atoms with Crippen molar-refractivity contribution in [2.45, 2.75) is 51.2 Å². The maximum Gasteiger partial charge on any atom is 0.0474 e. The van der Waals surface area contributed by atoms with Gasteiger partial charge >= 0.3 is 0 Å². The van der Waals surface area contributed by atoms with Crippen molar-refractivity contribution in [2.24, 2.45) is 5.92 Å². The van der Waals surface area contributed by atoms with Crippen molar-refractivity contribution in [3.8, 4) is 0 Å². The van der Waals surface area contributed by atoms with Gasteiger partial charge in [-0.05, 0) is 36.0 Å². The van der Waals surface area contributed by atoms with Gasteiger partial charge in [0.15, 0.2) is 0 Å². The molecule has 1 saturated carbocycles. The molecule has 0 amide bonds. The van der Waals surface area contributed by atoms with Gasteiger partial charge in [0.2, 0.25) is 0 Å². The van der Waals surface area contributed by atoms with Crippen LogP contribution < -0.4 is 5.32 Å². The third-order valence-electron chi connectivity index (χ3n) is 4.98. The van der Waals surface area contributed by atoms with Crippen LogP contribution in [0.15, 0.2) is 48.8 Å². The summed E-state index contributed by atoms with van der Waals surface area (Å²) in [7, 11) is 0. The Balaban J connectivity index is 1.54. The standard InChI is InChI=1S/C20H28N2O/c23-16-19-9-5-2-6-10-20(19)21-13-18-11-12-22(15-18)14-17-7-3-1-4-8-17/h1,3-4,7-8,11-12,15,19-21,23H,2,5-6,9-10,13-14,16H2/t19-,20-/m1/s1. The summed E-state index contributed by atoms with van der Waals surface area (Å²) in [6.45, 7) is 2.12. The first-order valence-electron chi connectivity index (χ1n) is 8.88. The summed E-state index contributed by atoms with van der Waals surface area (Å²) in [5.41, 5.74) is 2.65. The van der Waals surface area contributed by atoms with Crippen LogP contribution in [0.3, 0.4) is 0 Å². The van der Waals surface area contributed by atoms with Gasteiger partial charge < -0.3 is 15.0 Å². The largest absolute Gasteiger partial charge is 0.396 e. The molecule has 0 radical (unpaired) electrons. The summed E-state index contributed by atoms with van der Waals surface area (Å²) in [5, 5.41) is 13.3. The zero-order chi connectivity index (χ0) is 15.9. The molecule has 1 fully saturated rings. The van der Waals surface area contributed by atoms with Gasteiger partial charge in [-0.3, -0.25) is 0 Å². The second kappa shape index (κ2) is 8.32. The van der Waals surface area contributed by atoms with E-state index in [2.05, 4.69) is 58.7 Å². The van der Waals surface area contributed by atoms with Crippen molar-refractivity contribution in [1.82, 2.24) is 9.88 Å². The molecule has 3 rings (SSSR count). The highest BCUT2D eigenvalue weighted by molar-refractivity contribution is 5.17. The van der Waals surface area contributed by atoms with Crippen LogP contribution in [-0.4, -0.2) is 22.3 Å². The molecule has 124 valence electrons. The Morgan fingerprint density at radius 2 is 1.83 bits per heavy atom. The lowest BCUT2D eigenvalue weighted by Gasteiger charge is -2.24. The van der Waals surface area contributed by atoms with E-state index in [1.165, 1.54) is 36.8 Å². The number of aromatic nitrogens is 1. The molecule has 1 heterocycles. The van der Waals surface area contributed by atoms with Crippen molar-refractivity contribution in [2.75, 3.05) is 6.61 Å². The molecular formula is C20H28N2O. The monoisotopic (exact) mass is 312 g/mol. The third-order valence-corrected chi connectivity index (χ3v) is 4.98. The number of rotatable bonds is 6. The average molecular weight is 312 g/mol. The molecule has 3 heteroatoms. The Labute approximate surface area is 139 Å². The Kier molecular flexibility index (Phi) is 5.89. The minimum Gasteiger partial charge on any atom is -0.396 e. The second-order valence-corrected chi connectivity index (χ2v) is 6.75. The van der Waals surface area contributed by atoms with E-state index in [4.69, 9.17) is 0 Å². The summed E-state index contributed by atoms with van der Waals surface area (Å²) >= 11 is 0. The van der Waals surface area contributed by atoms with Crippen molar-refractivity contribution in [1.29, 1.82) is 0 Å². The van der Waals surface area contributed by atoms with Gasteiger partial charge in [0, 0.05) is 38.1 Å². The highest BCUT2D eigenvalue weighted by Gasteiger charge is 2.22. The maximum atomic E-state index is 9.61. The van der Waals surface area contributed by atoms with E-state index in [0.29, 0.717) is 18.6 Å². The number of hydrogen-bond acceptors (Lipinski definition) is 2. The molecule has 23 heavy (non-hydrogen) atoms. The molecule has 2 N–H and O–H groups in total. The van der Waals surface area contributed by atoms with Crippen LogP contribution in [0.1, 0.15) is 43.2 Å². The van der Waals surface area contributed by atoms with E-state index in [1.54, 1.807) is 0 Å². The van der Waals surface area contributed by atoms with Crippen LogP contribution in [-0.2, 0) is 13.1 Å². The quantitative estimate of drug-likeness (QED) is 0.800. The van der Waals surface area contributed by atoms with E-state index in [-0.39, 0.29) is 0 Å². The first kappa shape index (κ1) is 16.3. The van der Waals surface area contributed by atoms with Crippen molar-refractivity contribution < 1.29 is 5.11 Å². The first-order chi connectivity index (χ1) is 11.3. The SMILES string of the molecule is OC[C@H]1CCCCC[C@H]1NCc1ccn(Cc2ccccc2)c1. The van der Waals surface area contributed by atoms with Crippen LogP contribution in [0.25, 0.3) is 0 Å². The average Bonchev–Trinajstić information content (AvgIpc) is 2.90. The molecule has 0 bridgehead atoms. The zero-order valence-electron chi connectivity index (χ0n) is 13.8. The topological polar surface area (TPSA) is 37.2 Å². The molecule has 2 atom stereocenters. The summed E-state index contributed by atoms with van der Waals surface area (Å²) in [6.07, 6.45) is 10.6. The fraction of sp³-hybridized carbons (Fsp3) is 0.500. The Hall–Kier alpha value is -1.58. The number of aliphatic hydroxyl groups excluding tert-OH is 1. The zero-order valence-corrected chi connectivity index (χ0v) is 13.8.